The van der Waals surface area contributed by atoms with Gasteiger partial charge < -0.3 is 28.4 Å². The third-order valence-electron chi connectivity index (χ3n) is 6.09. The molecular formula is C32H30O18. The van der Waals surface area contributed by atoms with E-state index in [9.17, 15) is 28.8 Å². The Labute approximate surface area is 283 Å². The van der Waals surface area contributed by atoms with Crippen LogP contribution in [0.2, 0.25) is 0 Å². The summed E-state index contributed by atoms with van der Waals surface area (Å²) in [6.45, 7) is -0.837. The smallest absolute Gasteiger partial charge is 0.497 e. The predicted octanol–water partition coefficient (Wildman–Crippen LogP) is 4.79. The van der Waals surface area contributed by atoms with Crippen molar-refractivity contribution in [2.75, 3.05) is 41.2 Å². The van der Waals surface area contributed by atoms with Gasteiger partial charge in [-0.2, -0.15) is 14.4 Å². The summed E-state index contributed by atoms with van der Waals surface area (Å²) in [7, 11) is 4.14. The fraction of sp³-hybridized carbons (Fsp3) is 0.250. The second-order valence-corrected chi connectivity index (χ2v) is 9.98. The molecule has 0 aliphatic rings. The number of hydrogen-bond donors (Lipinski definition) is 0. The lowest BCUT2D eigenvalue weighted by atomic mass is 9.94. The Morgan fingerprint density at radius 2 is 0.740 bits per heavy atom. The number of carbonyl (C=O) groups excluding carboxylic acids is 6. The van der Waals surface area contributed by atoms with E-state index in [1.165, 1.54) is 82.9 Å². The topological polar surface area (TPSA) is 213 Å². The molecule has 0 aliphatic carbocycles. The van der Waals surface area contributed by atoms with Crippen LogP contribution in [-0.4, -0.2) is 77.5 Å². The molecule has 0 fully saturated rings. The molecule has 0 bridgehead atoms. The van der Waals surface area contributed by atoms with Crippen LogP contribution in [0.3, 0.4) is 0 Å². The number of rotatable bonds is 12. The van der Waals surface area contributed by atoms with E-state index >= 15 is 0 Å². The molecule has 0 N–H and O–H groups in total. The molecule has 0 atom stereocenters. The molecule has 18 nitrogen and oxygen atoms in total. The molecule has 0 unspecified atom stereocenters. The highest BCUT2D eigenvalue weighted by atomic mass is 17.2. The number of carbonyl (C=O) groups is 6. The summed E-state index contributed by atoms with van der Waals surface area (Å²) in [4.78, 5) is 99.7. The Morgan fingerprint density at radius 1 is 0.460 bits per heavy atom. The average molecular weight is 703 g/mol. The van der Waals surface area contributed by atoms with Gasteiger partial charge >= 0.3 is 36.4 Å². The lowest BCUT2D eigenvalue weighted by Crippen LogP contribution is -2.37. The highest BCUT2D eigenvalue weighted by Crippen LogP contribution is 2.21. The Hall–Kier alpha value is -6.72. The Kier molecular flexibility index (Phi) is 14.0. The van der Waals surface area contributed by atoms with Crippen LogP contribution in [0.4, 0.5) is 14.4 Å². The van der Waals surface area contributed by atoms with E-state index in [0.717, 1.165) is 0 Å². The standard InChI is InChI=1S/C32H30O18/c1-32(17-42-29(36)48-45-26(33)20-8-5-11-23(14-20)39-2,18-43-30(37)49-46-27(34)21-9-6-12-24(15-21)40-3)19-44-31(38)50-47-28(35)22-10-7-13-25(16-22)41-4/h5-16H,17-19H2,1-4H3. The van der Waals surface area contributed by atoms with Crippen LogP contribution < -0.4 is 14.2 Å². The summed E-state index contributed by atoms with van der Waals surface area (Å²) in [6, 6.07) is 17.3. The zero-order valence-electron chi connectivity index (χ0n) is 26.9. The van der Waals surface area contributed by atoms with E-state index in [1.807, 2.05) is 0 Å². The summed E-state index contributed by atoms with van der Waals surface area (Å²) in [6.07, 6.45) is -4.55. The van der Waals surface area contributed by atoms with E-state index < -0.39 is 61.6 Å². The van der Waals surface area contributed by atoms with Crippen LogP contribution in [0.1, 0.15) is 38.0 Å². The van der Waals surface area contributed by atoms with Crippen LogP contribution in [0.15, 0.2) is 72.8 Å². The zero-order chi connectivity index (χ0) is 36.5. The number of benzene rings is 3. The fourth-order valence-electron chi connectivity index (χ4n) is 3.51. The first-order chi connectivity index (χ1) is 23.9. The summed E-state index contributed by atoms with van der Waals surface area (Å²) in [5.74, 6) is -2.19. The number of methoxy groups -OCH3 is 3. The first kappa shape index (κ1) is 37.7. The first-order valence-electron chi connectivity index (χ1n) is 14.0. The van der Waals surface area contributed by atoms with Gasteiger partial charge in [-0.25, -0.2) is 43.7 Å². The van der Waals surface area contributed by atoms with Gasteiger partial charge in [0.15, 0.2) is 0 Å². The predicted molar refractivity (Wildman–Crippen MR) is 161 cm³/mol. The van der Waals surface area contributed by atoms with Gasteiger partial charge in [-0.15, -0.1) is 0 Å². The quantitative estimate of drug-likeness (QED) is 0.107. The van der Waals surface area contributed by atoms with Crippen LogP contribution in [-0.2, 0) is 43.5 Å². The highest BCUT2D eigenvalue weighted by Gasteiger charge is 2.33. The summed E-state index contributed by atoms with van der Waals surface area (Å²) in [5.41, 5.74) is -1.64. The van der Waals surface area contributed by atoms with Gasteiger partial charge in [-0.05, 0) is 61.5 Å². The maximum absolute atomic E-state index is 12.2. The molecule has 266 valence electrons. The van der Waals surface area contributed by atoms with Crippen molar-refractivity contribution in [1.82, 2.24) is 0 Å². The average Bonchev–Trinajstić information content (AvgIpc) is 3.15. The van der Waals surface area contributed by atoms with E-state index in [1.54, 1.807) is 18.2 Å². The van der Waals surface area contributed by atoms with Crippen LogP contribution in [0.5, 0.6) is 17.2 Å². The van der Waals surface area contributed by atoms with Gasteiger partial charge in [0.1, 0.15) is 37.1 Å². The van der Waals surface area contributed by atoms with Gasteiger partial charge in [0.2, 0.25) is 0 Å². The number of hydrogen-bond acceptors (Lipinski definition) is 18. The molecule has 3 aromatic carbocycles. The van der Waals surface area contributed by atoms with Gasteiger partial charge in [0.25, 0.3) is 0 Å². The van der Waals surface area contributed by atoms with Gasteiger partial charge in [-0.3, -0.25) is 0 Å². The minimum Gasteiger partial charge on any atom is -0.497 e. The number of ether oxygens (including phenoxy) is 6. The molecule has 0 aliphatic heterocycles. The maximum Gasteiger partial charge on any atom is 0.549 e. The highest BCUT2D eigenvalue weighted by molar-refractivity contribution is 5.90. The largest absolute Gasteiger partial charge is 0.549 e. The molecule has 0 spiro atoms. The van der Waals surface area contributed by atoms with Crippen LogP contribution in [0, 0.1) is 5.41 Å². The van der Waals surface area contributed by atoms with Crippen LogP contribution >= 0.6 is 0 Å². The SMILES string of the molecule is COc1cccc(C(=O)OOC(=O)OCC(C)(COC(=O)OOC(=O)c2cccc(OC)c2)COC(=O)OOC(=O)c2cccc(OC)c2)c1. The van der Waals surface area contributed by atoms with Crippen molar-refractivity contribution in [3.05, 3.63) is 89.5 Å². The Bertz CT molecular complexity index is 1480. The minimum absolute atomic E-state index is 0.0139. The third-order valence-corrected chi connectivity index (χ3v) is 6.09. The summed E-state index contributed by atoms with van der Waals surface area (Å²) < 4.78 is 29.8. The Morgan fingerprint density at radius 3 is 1.00 bits per heavy atom. The van der Waals surface area contributed by atoms with Crippen molar-refractivity contribution in [2.45, 2.75) is 6.92 Å². The lowest BCUT2D eigenvalue weighted by molar-refractivity contribution is -0.216. The summed E-state index contributed by atoms with van der Waals surface area (Å²) >= 11 is 0. The molecule has 18 heteroatoms. The molecule has 3 aromatic rings. The summed E-state index contributed by atoms with van der Waals surface area (Å²) in [5, 5.41) is 0. The molecule has 3 rings (SSSR count). The van der Waals surface area contributed by atoms with Crippen molar-refractivity contribution >= 4 is 36.4 Å². The third kappa shape index (κ3) is 12.1. The zero-order valence-corrected chi connectivity index (χ0v) is 26.9. The molecule has 0 heterocycles. The Balaban J connectivity index is 1.56. The lowest BCUT2D eigenvalue weighted by Gasteiger charge is -2.26. The van der Waals surface area contributed by atoms with Crippen molar-refractivity contribution < 1.29 is 86.5 Å². The normalized spacial score (nSPS) is 10.3. The first-order valence-corrected chi connectivity index (χ1v) is 14.0. The maximum atomic E-state index is 12.2. The molecular weight excluding hydrogens is 672 g/mol. The van der Waals surface area contributed by atoms with Crippen molar-refractivity contribution in [3.63, 3.8) is 0 Å². The van der Waals surface area contributed by atoms with E-state index in [4.69, 9.17) is 28.4 Å². The monoisotopic (exact) mass is 702 g/mol. The van der Waals surface area contributed by atoms with Gasteiger partial charge in [0.05, 0.1) is 43.4 Å². The fourth-order valence-corrected chi connectivity index (χ4v) is 3.51. The molecule has 0 radical (unpaired) electrons. The van der Waals surface area contributed by atoms with Gasteiger partial charge in [0, 0.05) is 0 Å². The van der Waals surface area contributed by atoms with Gasteiger partial charge in [-0.1, -0.05) is 18.2 Å². The van der Waals surface area contributed by atoms with Crippen molar-refractivity contribution in [3.8, 4) is 17.2 Å². The van der Waals surface area contributed by atoms with Crippen molar-refractivity contribution in [2.24, 2.45) is 5.41 Å². The van der Waals surface area contributed by atoms with Crippen LogP contribution in [0.25, 0.3) is 0 Å². The van der Waals surface area contributed by atoms with E-state index in [0.29, 0.717) is 17.2 Å². The molecule has 0 aromatic heterocycles. The molecule has 50 heavy (non-hydrogen) atoms. The molecule has 0 amide bonds. The minimum atomic E-state index is -1.60. The van der Waals surface area contributed by atoms with E-state index in [-0.39, 0.29) is 16.7 Å². The van der Waals surface area contributed by atoms with E-state index in [2.05, 4.69) is 29.3 Å². The molecule has 0 saturated carbocycles. The second kappa shape index (κ2) is 18.6. The second-order valence-electron chi connectivity index (χ2n) is 9.98. The van der Waals surface area contributed by atoms with Crippen molar-refractivity contribution in [1.29, 1.82) is 0 Å². The molecule has 0 saturated heterocycles.